The number of hydrogen-bond donors (Lipinski definition) is 1. The van der Waals surface area contributed by atoms with E-state index in [2.05, 4.69) is 5.16 Å². The maximum atomic E-state index is 10.7. The van der Waals surface area contributed by atoms with Gasteiger partial charge in [0, 0.05) is 24.3 Å². The first-order chi connectivity index (χ1) is 7.74. The highest BCUT2D eigenvalue weighted by Crippen LogP contribution is 2.43. The van der Waals surface area contributed by atoms with Gasteiger partial charge < -0.3 is 9.63 Å². The minimum absolute atomic E-state index is 0.227. The lowest BCUT2D eigenvalue weighted by molar-refractivity contribution is -0.138. The van der Waals surface area contributed by atoms with Crippen LogP contribution < -0.4 is 0 Å². The van der Waals surface area contributed by atoms with Gasteiger partial charge in [0.2, 0.25) is 0 Å². The summed E-state index contributed by atoms with van der Waals surface area (Å²) in [6.45, 7) is 0. The van der Waals surface area contributed by atoms with Crippen molar-refractivity contribution in [2.24, 2.45) is 5.92 Å². The summed E-state index contributed by atoms with van der Waals surface area (Å²) in [7, 11) is 0. The smallest absolute Gasteiger partial charge is 0.303 e. The van der Waals surface area contributed by atoms with Crippen LogP contribution in [0.15, 0.2) is 4.52 Å². The molecular formula is C12H15NO3. The molecule has 86 valence electrons. The fourth-order valence-electron chi connectivity index (χ4n) is 2.60. The third kappa shape index (κ3) is 1.72. The second kappa shape index (κ2) is 3.61. The third-order valence-electron chi connectivity index (χ3n) is 3.60. The van der Waals surface area contributed by atoms with Crippen LogP contribution in [0.3, 0.4) is 0 Å². The molecule has 0 bridgehead atoms. The summed E-state index contributed by atoms with van der Waals surface area (Å²) in [4.78, 5) is 10.7. The van der Waals surface area contributed by atoms with Crippen molar-refractivity contribution in [3.05, 3.63) is 17.0 Å². The molecule has 3 rings (SSSR count). The zero-order valence-electron chi connectivity index (χ0n) is 9.11. The van der Waals surface area contributed by atoms with Gasteiger partial charge in [0.25, 0.3) is 0 Å². The predicted molar refractivity (Wildman–Crippen MR) is 56.2 cm³/mol. The highest BCUT2D eigenvalue weighted by molar-refractivity contribution is 5.67. The highest BCUT2D eigenvalue weighted by Gasteiger charge is 2.34. The summed E-state index contributed by atoms with van der Waals surface area (Å²) in [6, 6.07) is 0. The predicted octanol–water partition coefficient (Wildman–Crippen LogP) is 2.13. The van der Waals surface area contributed by atoms with Gasteiger partial charge in [0.1, 0.15) is 5.76 Å². The number of nitrogens with zero attached hydrogens (tertiary/aromatic N) is 1. The van der Waals surface area contributed by atoms with E-state index < -0.39 is 5.97 Å². The molecule has 0 radical (unpaired) electrons. The highest BCUT2D eigenvalue weighted by atomic mass is 16.5. The minimum atomic E-state index is -0.713. The Labute approximate surface area is 93.6 Å². The molecule has 0 saturated heterocycles. The van der Waals surface area contributed by atoms with Gasteiger partial charge in [-0.25, -0.2) is 0 Å². The number of carboxylic acids is 1. The Morgan fingerprint density at radius 1 is 1.44 bits per heavy atom. The van der Waals surface area contributed by atoms with Gasteiger partial charge in [-0.2, -0.15) is 0 Å². The lowest BCUT2D eigenvalue weighted by Crippen LogP contribution is -2.16. The molecule has 4 nitrogen and oxygen atoms in total. The van der Waals surface area contributed by atoms with E-state index in [0.29, 0.717) is 5.92 Å². The summed E-state index contributed by atoms with van der Waals surface area (Å²) >= 11 is 0. The van der Waals surface area contributed by atoms with Crippen molar-refractivity contribution in [1.29, 1.82) is 0 Å². The Kier molecular flexibility index (Phi) is 2.23. The third-order valence-corrected chi connectivity index (χ3v) is 3.60. The maximum Gasteiger partial charge on any atom is 0.303 e. The number of carboxylic acid groups (broad SMARTS) is 1. The Hall–Kier alpha value is -1.32. The molecule has 2 aliphatic carbocycles. The molecule has 1 atom stereocenters. The molecule has 1 fully saturated rings. The van der Waals surface area contributed by atoms with Gasteiger partial charge in [0.15, 0.2) is 0 Å². The number of hydrogen-bond acceptors (Lipinski definition) is 3. The van der Waals surface area contributed by atoms with Crippen LogP contribution in [0.2, 0.25) is 0 Å². The van der Waals surface area contributed by atoms with E-state index in [9.17, 15) is 4.79 Å². The van der Waals surface area contributed by atoms with Gasteiger partial charge in [-0.1, -0.05) is 5.16 Å². The average Bonchev–Trinajstić information content (AvgIpc) is 2.98. The minimum Gasteiger partial charge on any atom is -0.481 e. The molecule has 16 heavy (non-hydrogen) atoms. The van der Waals surface area contributed by atoms with E-state index in [1.54, 1.807) is 0 Å². The zero-order chi connectivity index (χ0) is 11.1. The molecule has 1 aromatic heterocycles. The standard InChI is InChI=1S/C12H15NO3/c14-11(15)6-7-1-4-9-10(5-7)16-13-12(9)8-2-3-8/h7-8H,1-6H2,(H,14,15). The Balaban J connectivity index is 1.77. The normalized spacial score (nSPS) is 24.1. The summed E-state index contributed by atoms with van der Waals surface area (Å²) < 4.78 is 5.36. The fraction of sp³-hybridized carbons (Fsp3) is 0.667. The number of fused-ring (bicyclic) bond motifs is 1. The molecule has 0 spiro atoms. The molecule has 1 saturated carbocycles. The van der Waals surface area contributed by atoms with Gasteiger partial charge >= 0.3 is 5.97 Å². The second-order valence-electron chi connectivity index (χ2n) is 4.95. The van der Waals surface area contributed by atoms with Crippen molar-refractivity contribution in [1.82, 2.24) is 5.16 Å². The first-order valence-electron chi connectivity index (χ1n) is 5.93. The van der Waals surface area contributed by atoms with Crippen molar-refractivity contribution in [3.63, 3.8) is 0 Å². The topological polar surface area (TPSA) is 63.3 Å². The molecule has 0 aromatic carbocycles. The number of rotatable bonds is 3. The molecule has 1 heterocycles. The fourth-order valence-corrected chi connectivity index (χ4v) is 2.60. The van der Waals surface area contributed by atoms with E-state index in [1.807, 2.05) is 0 Å². The quantitative estimate of drug-likeness (QED) is 0.849. The van der Waals surface area contributed by atoms with Crippen LogP contribution in [0, 0.1) is 5.92 Å². The van der Waals surface area contributed by atoms with Crippen LogP contribution in [0.25, 0.3) is 0 Å². The molecule has 2 aliphatic rings. The van der Waals surface area contributed by atoms with Crippen LogP contribution in [-0.4, -0.2) is 16.2 Å². The first kappa shape index (κ1) is 9.87. The van der Waals surface area contributed by atoms with Crippen molar-refractivity contribution >= 4 is 5.97 Å². The van der Waals surface area contributed by atoms with E-state index in [1.165, 1.54) is 18.4 Å². The SMILES string of the molecule is O=C(O)CC1CCc2c(C3CC3)noc2C1. The molecule has 0 aliphatic heterocycles. The summed E-state index contributed by atoms with van der Waals surface area (Å²) in [5.41, 5.74) is 2.44. The molecule has 1 unspecified atom stereocenters. The number of aliphatic carboxylic acids is 1. The zero-order valence-corrected chi connectivity index (χ0v) is 9.11. The largest absolute Gasteiger partial charge is 0.481 e. The average molecular weight is 221 g/mol. The van der Waals surface area contributed by atoms with E-state index in [-0.39, 0.29) is 12.3 Å². The molecule has 1 aromatic rings. The first-order valence-corrected chi connectivity index (χ1v) is 5.93. The van der Waals surface area contributed by atoms with Crippen LogP contribution in [0.5, 0.6) is 0 Å². The Morgan fingerprint density at radius 2 is 2.25 bits per heavy atom. The lowest BCUT2D eigenvalue weighted by Gasteiger charge is -2.18. The molecule has 4 heteroatoms. The van der Waals surface area contributed by atoms with E-state index in [4.69, 9.17) is 9.63 Å². The van der Waals surface area contributed by atoms with Crippen LogP contribution in [0.4, 0.5) is 0 Å². The Bertz CT molecular complexity index is 420. The summed E-state index contributed by atoms with van der Waals surface area (Å²) in [5, 5.41) is 12.9. The monoisotopic (exact) mass is 221 g/mol. The van der Waals surface area contributed by atoms with Crippen LogP contribution in [0.1, 0.15) is 48.6 Å². The lowest BCUT2D eigenvalue weighted by atomic mass is 9.85. The summed E-state index contributed by atoms with van der Waals surface area (Å²) in [6.07, 6.45) is 5.37. The van der Waals surface area contributed by atoms with Gasteiger partial charge in [0.05, 0.1) is 5.69 Å². The summed E-state index contributed by atoms with van der Waals surface area (Å²) in [5.74, 6) is 1.09. The van der Waals surface area contributed by atoms with Crippen molar-refractivity contribution < 1.29 is 14.4 Å². The van der Waals surface area contributed by atoms with Gasteiger partial charge in [-0.15, -0.1) is 0 Å². The second-order valence-corrected chi connectivity index (χ2v) is 4.95. The van der Waals surface area contributed by atoms with Crippen LogP contribution >= 0.6 is 0 Å². The van der Waals surface area contributed by atoms with Crippen molar-refractivity contribution in [2.75, 3.05) is 0 Å². The van der Waals surface area contributed by atoms with Gasteiger partial charge in [-0.05, 0) is 31.6 Å². The van der Waals surface area contributed by atoms with E-state index >= 15 is 0 Å². The molecule has 0 amide bonds. The van der Waals surface area contributed by atoms with Crippen LogP contribution in [-0.2, 0) is 17.6 Å². The molecule has 1 N–H and O–H groups in total. The Morgan fingerprint density at radius 3 is 2.94 bits per heavy atom. The van der Waals surface area contributed by atoms with Crippen molar-refractivity contribution in [3.8, 4) is 0 Å². The van der Waals surface area contributed by atoms with E-state index in [0.717, 1.165) is 30.7 Å². The number of aromatic nitrogens is 1. The maximum absolute atomic E-state index is 10.7. The molecular weight excluding hydrogens is 206 g/mol. The van der Waals surface area contributed by atoms with Crippen molar-refractivity contribution in [2.45, 2.75) is 44.4 Å². The number of carbonyl (C=O) groups is 1. The van der Waals surface area contributed by atoms with Gasteiger partial charge in [-0.3, -0.25) is 4.79 Å².